The van der Waals surface area contributed by atoms with E-state index < -0.39 is 5.97 Å². The van der Waals surface area contributed by atoms with Crippen LogP contribution in [0.5, 0.6) is 0 Å². The quantitative estimate of drug-likeness (QED) is 0.662. The molecular formula is C8H10N2O2. The Bertz CT molecular complexity index is 306. The van der Waals surface area contributed by atoms with Crippen LogP contribution in [0.2, 0.25) is 0 Å². The van der Waals surface area contributed by atoms with E-state index in [4.69, 9.17) is 5.11 Å². The van der Waals surface area contributed by atoms with Gasteiger partial charge in [0.05, 0.1) is 5.92 Å². The first-order valence-corrected chi connectivity index (χ1v) is 4.00. The first-order chi connectivity index (χ1) is 5.77. The van der Waals surface area contributed by atoms with Crippen LogP contribution in [0.4, 0.5) is 0 Å². The van der Waals surface area contributed by atoms with E-state index in [1.807, 2.05) is 10.8 Å². The number of imidazole rings is 1. The van der Waals surface area contributed by atoms with Gasteiger partial charge in [-0.2, -0.15) is 0 Å². The minimum Gasteiger partial charge on any atom is -0.481 e. The van der Waals surface area contributed by atoms with Crippen molar-refractivity contribution in [3.05, 3.63) is 18.2 Å². The predicted molar refractivity (Wildman–Crippen MR) is 41.7 cm³/mol. The van der Waals surface area contributed by atoms with Crippen molar-refractivity contribution in [3.63, 3.8) is 0 Å². The van der Waals surface area contributed by atoms with E-state index in [0.717, 1.165) is 18.8 Å². The second kappa shape index (κ2) is 2.62. The van der Waals surface area contributed by atoms with Gasteiger partial charge in [0.2, 0.25) is 0 Å². The first-order valence-electron chi connectivity index (χ1n) is 4.00. The molecule has 1 N–H and O–H groups in total. The molecule has 0 aliphatic carbocycles. The van der Waals surface area contributed by atoms with Crippen LogP contribution < -0.4 is 0 Å². The highest BCUT2D eigenvalue weighted by Crippen LogP contribution is 2.18. The number of hydrogen-bond acceptors (Lipinski definition) is 2. The maximum atomic E-state index is 10.6. The summed E-state index contributed by atoms with van der Waals surface area (Å²) in [6, 6.07) is 0. The lowest BCUT2D eigenvalue weighted by atomic mass is 9.98. The molecule has 12 heavy (non-hydrogen) atoms. The highest BCUT2D eigenvalue weighted by molar-refractivity contribution is 5.70. The van der Waals surface area contributed by atoms with E-state index in [1.54, 1.807) is 6.20 Å². The topological polar surface area (TPSA) is 55.1 Å². The average molecular weight is 166 g/mol. The second-order valence-corrected chi connectivity index (χ2v) is 3.06. The van der Waals surface area contributed by atoms with Gasteiger partial charge in [-0.25, -0.2) is 4.98 Å². The summed E-state index contributed by atoms with van der Waals surface area (Å²) in [5.74, 6) is -0.0437. The molecule has 1 aliphatic heterocycles. The number of carbonyl (C=O) groups is 1. The van der Waals surface area contributed by atoms with Crippen LogP contribution >= 0.6 is 0 Å². The summed E-state index contributed by atoms with van der Waals surface area (Å²) in [4.78, 5) is 14.7. The average Bonchev–Trinajstić information content (AvgIpc) is 2.49. The number of aromatic nitrogens is 2. The van der Waals surface area contributed by atoms with Crippen LogP contribution in [0.3, 0.4) is 0 Å². The third-order valence-corrected chi connectivity index (χ3v) is 2.30. The van der Waals surface area contributed by atoms with Gasteiger partial charge in [-0.05, 0) is 6.42 Å². The molecule has 2 rings (SSSR count). The normalized spacial score (nSPS) is 21.8. The predicted octanol–water partition coefficient (Wildman–Crippen LogP) is 0.530. The second-order valence-electron chi connectivity index (χ2n) is 3.06. The maximum Gasteiger partial charge on any atom is 0.307 e. The molecule has 0 bridgehead atoms. The van der Waals surface area contributed by atoms with E-state index >= 15 is 0 Å². The largest absolute Gasteiger partial charge is 0.481 e. The van der Waals surface area contributed by atoms with Crippen molar-refractivity contribution in [1.29, 1.82) is 0 Å². The van der Waals surface area contributed by atoms with Gasteiger partial charge in [-0.15, -0.1) is 0 Å². The van der Waals surface area contributed by atoms with E-state index in [2.05, 4.69) is 4.98 Å². The fourth-order valence-electron chi connectivity index (χ4n) is 1.56. The number of aryl methyl sites for hydroxylation is 1. The number of aliphatic carboxylic acids is 1. The molecule has 1 aromatic rings. The number of rotatable bonds is 1. The molecule has 0 aromatic carbocycles. The van der Waals surface area contributed by atoms with Gasteiger partial charge >= 0.3 is 5.97 Å². The molecule has 1 aromatic heterocycles. The van der Waals surface area contributed by atoms with Gasteiger partial charge < -0.3 is 9.67 Å². The third kappa shape index (κ3) is 1.09. The Hall–Kier alpha value is -1.32. The van der Waals surface area contributed by atoms with Crippen molar-refractivity contribution >= 4 is 5.97 Å². The Labute approximate surface area is 69.8 Å². The lowest BCUT2D eigenvalue weighted by Gasteiger charge is -2.19. The molecule has 1 aliphatic rings. The molecule has 1 unspecified atom stereocenters. The van der Waals surface area contributed by atoms with Crippen molar-refractivity contribution in [2.75, 3.05) is 0 Å². The molecule has 0 spiro atoms. The highest BCUT2D eigenvalue weighted by atomic mass is 16.4. The third-order valence-electron chi connectivity index (χ3n) is 2.30. The van der Waals surface area contributed by atoms with E-state index in [-0.39, 0.29) is 5.92 Å². The van der Waals surface area contributed by atoms with E-state index in [1.165, 1.54) is 0 Å². The van der Waals surface area contributed by atoms with Gasteiger partial charge in [-0.1, -0.05) is 0 Å². The van der Waals surface area contributed by atoms with Gasteiger partial charge in [0.25, 0.3) is 0 Å². The van der Waals surface area contributed by atoms with Gasteiger partial charge in [0.1, 0.15) is 5.82 Å². The van der Waals surface area contributed by atoms with Crippen molar-refractivity contribution in [3.8, 4) is 0 Å². The minimum atomic E-state index is -0.704. The summed E-state index contributed by atoms with van der Waals surface area (Å²) in [7, 11) is 0. The van der Waals surface area contributed by atoms with Gasteiger partial charge in [-0.3, -0.25) is 4.79 Å². The fraction of sp³-hybridized carbons (Fsp3) is 0.500. The molecule has 0 saturated heterocycles. The number of fused-ring (bicyclic) bond motifs is 1. The van der Waals surface area contributed by atoms with E-state index in [0.29, 0.717) is 6.42 Å². The van der Waals surface area contributed by atoms with Crippen LogP contribution in [-0.4, -0.2) is 20.6 Å². The smallest absolute Gasteiger partial charge is 0.307 e. The fourth-order valence-corrected chi connectivity index (χ4v) is 1.56. The number of hydrogen-bond donors (Lipinski definition) is 1. The van der Waals surface area contributed by atoms with Crippen LogP contribution in [0, 0.1) is 5.92 Å². The molecular weight excluding hydrogens is 156 g/mol. The van der Waals surface area contributed by atoms with Gasteiger partial charge in [0, 0.05) is 25.4 Å². The Morgan fingerprint density at radius 1 is 1.75 bits per heavy atom. The van der Waals surface area contributed by atoms with Crippen molar-refractivity contribution in [2.45, 2.75) is 19.4 Å². The van der Waals surface area contributed by atoms with Crippen molar-refractivity contribution in [2.24, 2.45) is 5.92 Å². The molecule has 0 amide bonds. The zero-order valence-electron chi connectivity index (χ0n) is 6.60. The molecule has 1 atom stereocenters. The summed E-state index contributed by atoms with van der Waals surface area (Å²) in [5.41, 5.74) is 0. The molecule has 4 nitrogen and oxygen atoms in total. The molecule has 0 radical (unpaired) electrons. The summed E-state index contributed by atoms with van der Waals surface area (Å²) in [6.07, 6.45) is 4.91. The summed E-state index contributed by atoms with van der Waals surface area (Å²) in [5, 5.41) is 8.76. The number of nitrogens with zero attached hydrogens (tertiary/aromatic N) is 2. The van der Waals surface area contributed by atoms with E-state index in [9.17, 15) is 4.79 Å². The van der Waals surface area contributed by atoms with Gasteiger partial charge in [0.15, 0.2) is 0 Å². The maximum absolute atomic E-state index is 10.6. The zero-order chi connectivity index (χ0) is 8.55. The van der Waals surface area contributed by atoms with Crippen LogP contribution in [0.15, 0.2) is 12.4 Å². The molecule has 4 heteroatoms. The van der Waals surface area contributed by atoms with Crippen molar-refractivity contribution in [1.82, 2.24) is 9.55 Å². The lowest BCUT2D eigenvalue weighted by molar-refractivity contribution is -0.142. The van der Waals surface area contributed by atoms with Crippen molar-refractivity contribution < 1.29 is 9.90 Å². The summed E-state index contributed by atoms with van der Waals surface area (Å²) in [6.45, 7) is 0.784. The molecule has 0 fully saturated rings. The van der Waals surface area contributed by atoms with Crippen LogP contribution in [-0.2, 0) is 17.8 Å². The summed E-state index contributed by atoms with van der Waals surface area (Å²) < 4.78 is 2.01. The Morgan fingerprint density at radius 2 is 2.58 bits per heavy atom. The van der Waals surface area contributed by atoms with Crippen LogP contribution in [0.1, 0.15) is 12.2 Å². The standard InChI is InChI=1S/C8H10N2O2/c11-8(12)6-1-3-10-4-2-9-7(10)5-6/h2,4,6H,1,3,5H2,(H,11,12). The first kappa shape index (κ1) is 7.34. The number of carboxylic acids is 1. The molecule has 64 valence electrons. The summed E-state index contributed by atoms with van der Waals surface area (Å²) >= 11 is 0. The monoisotopic (exact) mass is 166 g/mol. The Balaban J connectivity index is 2.20. The molecule has 0 saturated carbocycles. The number of carboxylic acid groups (broad SMARTS) is 1. The molecule has 2 heterocycles. The lowest BCUT2D eigenvalue weighted by Crippen LogP contribution is -2.25. The van der Waals surface area contributed by atoms with Crippen LogP contribution in [0.25, 0.3) is 0 Å². The Morgan fingerprint density at radius 3 is 3.33 bits per heavy atom. The zero-order valence-corrected chi connectivity index (χ0v) is 6.60. The SMILES string of the molecule is O=C(O)C1CCn2ccnc2C1. The highest BCUT2D eigenvalue weighted by Gasteiger charge is 2.24. The minimum absolute atomic E-state index is 0.236. The Kier molecular flexibility index (Phi) is 1.60.